The lowest BCUT2D eigenvalue weighted by molar-refractivity contribution is -0.274. The molecule has 3 rings (SSSR count). The molecule has 0 aliphatic rings. The average Bonchev–Trinajstić information content (AvgIpc) is 2.96. The largest absolute Gasteiger partial charge is 0.573 e. The first-order valence-corrected chi connectivity index (χ1v) is 6.37. The molecule has 0 unspecified atom stereocenters. The van der Waals surface area contributed by atoms with Crippen LogP contribution in [0.25, 0.3) is 22.9 Å². The van der Waals surface area contributed by atoms with Crippen LogP contribution in [0.3, 0.4) is 0 Å². The Morgan fingerprint density at radius 3 is 2.17 bits per heavy atom. The maximum Gasteiger partial charge on any atom is 0.573 e. The number of alkyl halides is 3. The Labute approximate surface area is 127 Å². The van der Waals surface area contributed by atoms with Gasteiger partial charge in [-0.25, -0.2) is 4.39 Å². The van der Waals surface area contributed by atoms with Gasteiger partial charge in [0.25, 0.3) is 5.89 Å². The third-order valence-corrected chi connectivity index (χ3v) is 2.86. The molecule has 0 aliphatic carbocycles. The SMILES string of the molecule is Fc1ccccc1-c1nnc(-c2ccc(OC(F)(F)F)cc2)o1. The Morgan fingerprint density at radius 1 is 0.870 bits per heavy atom. The number of nitrogens with zero attached hydrogens (tertiary/aromatic N) is 2. The van der Waals surface area contributed by atoms with Crippen molar-refractivity contribution in [3.8, 4) is 28.7 Å². The topological polar surface area (TPSA) is 48.2 Å². The number of aromatic nitrogens is 2. The van der Waals surface area contributed by atoms with E-state index >= 15 is 0 Å². The highest BCUT2D eigenvalue weighted by molar-refractivity contribution is 5.58. The summed E-state index contributed by atoms with van der Waals surface area (Å²) in [6.07, 6.45) is -4.76. The molecule has 8 heteroatoms. The molecular formula is C15H8F4N2O2. The Bertz CT molecular complexity index is 813. The number of ether oxygens (including phenoxy) is 1. The van der Waals surface area contributed by atoms with E-state index in [0.29, 0.717) is 5.56 Å². The van der Waals surface area contributed by atoms with Gasteiger partial charge in [-0.3, -0.25) is 0 Å². The van der Waals surface area contributed by atoms with Gasteiger partial charge >= 0.3 is 6.36 Å². The lowest BCUT2D eigenvalue weighted by atomic mass is 10.2. The monoisotopic (exact) mass is 324 g/mol. The normalized spacial score (nSPS) is 11.5. The molecule has 0 radical (unpaired) electrons. The van der Waals surface area contributed by atoms with Crippen molar-refractivity contribution in [1.82, 2.24) is 10.2 Å². The van der Waals surface area contributed by atoms with E-state index in [-0.39, 0.29) is 23.1 Å². The van der Waals surface area contributed by atoms with Crippen molar-refractivity contribution in [2.45, 2.75) is 6.36 Å². The van der Waals surface area contributed by atoms with Crippen molar-refractivity contribution in [1.29, 1.82) is 0 Å². The predicted molar refractivity (Wildman–Crippen MR) is 71.8 cm³/mol. The molecule has 118 valence electrons. The fourth-order valence-electron chi connectivity index (χ4n) is 1.88. The zero-order valence-electron chi connectivity index (χ0n) is 11.3. The Balaban J connectivity index is 1.85. The van der Waals surface area contributed by atoms with Gasteiger partial charge in [-0.05, 0) is 36.4 Å². The number of hydrogen-bond donors (Lipinski definition) is 0. The maximum absolute atomic E-state index is 13.6. The van der Waals surface area contributed by atoms with Crippen LogP contribution in [0.1, 0.15) is 0 Å². The molecule has 3 aromatic rings. The maximum atomic E-state index is 13.6. The molecule has 0 spiro atoms. The summed E-state index contributed by atoms with van der Waals surface area (Å²) in [7, 11) is 0. The molecule has 0 amide bonds. The number of hydrogen-bond acceptors (Lipinski definition) is 4. The summed E-state index contributed by atoms with van der Waals surface area (Å²) >= 11 is 0. The van der Waals surface area contributed by atoms with E-state index in [0.717, 1.165) is 12.1 Å². The molecule has 4 nitrogen and oxygen atoms in total. The number of benzene rings is 2. The van der Waals surface area contributed by atoms with Crippen molar-refractivity contribution in [3.05, 3.63) is 54.3 Å². The second-order valence-corrected chi connectivity index (χ2v) is 4.46. The summed E-state index contributed by atoms with van der Waals surface area (Å²) in [6.45, 7) is 0. The van der Waals surface area contributed by atoms with Gasteiger partial charge in [-0.15, -0.1) is 23.4 Å². The van der Waals surface area contributed by atoms with Gasteiger partial charge < -0.3 is 9.15 Å². The van der Waals surface area contributed by atoms with Crippen LogP contribution in [0.2, 0.25) is 0 Å². The van der Waals surface area contributed by atoms with E-state index < -0.39 is 12.2 Å². The van der Waals surface area contributed by atoms with Crippen LogP contribution in [-0.4, -0.2) is 16.6 Å². The van der Waals surface area contributed by atoms with E-state index in [4.69, 9.17) is 4.42 Å². The van der Waals surface area contributed by atoms with Gasteiger partial charge in [0, 0.05) is 5.56 Å². The summed E-state index contributed by atoms with van der Waals surface area (Å²) < 4.78 is 59.1. The number of rotatable bonds is 3. The second kappa shape index (κ2) is 5.71. The highest BCUT2D eigenvalue weighted by Crippen LogP contribution is 2.28. The van der Waals surface area contributed by atoms with Gasteiger partial charge in [0.05, 0.1) is 5.56 Å². The summed E-state index contributed by atoms with van der Waals surface area (Å²) in [5.74, 6) is -0.845. The summed E-state index contributed by atoms with van der Waals surface area (Å²) in [5.41, 5.74) is 0.526. The van der Waals surface area contributed by atoms with Crippen molar-refractivity contribution in [3.63, 3.8) is 0 Å². The zero-order chi connectivity index (χ0) is 16.4. The first-order chi connectivity index (χ1) is 10.9. The molecule has 0 fully saturated rings. The van der Waals surface area contributed by atoms with E-state index in [1.165, 1.54) is 30.3 Å². The minimum absolute atomic E-state index is 0.0197. The second-order valence-electron chi connectivity index (χ2n) is 4.46. The molecule has 0 N–H and O–H groups in total. The van der Waals surface area contributed by atoms with Crippen LogP contribution in [0.5, 0.6) is 5.75 Å². The highest BCUT2D eigenvalue weighted by Gasteiger charge is 2.31. The minimum Gasteiger partial charge on any atom is -0.416 e. The average molecular weight is 324 g/mol. The van der Waals surface area contributed by atoms with Crippen molar-refractivity contribution in [2.75, 3.05) is 0 Å². The molecule has 2 aromatic carbocycles. The fraction of sp³-hybridized carbons (Fsp3) is 0.0667. The Kier molecular flexibility index (Phi) is 3.73. The molecule has 0 aliphatic heterocycles. The first-order valence-electron chi connectivity index (χ1n) is 6.37. The van der Waals surface area contributed by atoms with Crippen LogP contribution >= 0.6 is 0 Å². The first kappa shape index (κ1) is 15.0. The summed E-state index contributed by atoms with van der Waals surface area (Å²) in [4.78, 5) is 0. The summed E-state index contributed by atoms with van der Waals surface area (Å²) in [5, 5.41) is 7.50. The molecule has 0 atom stereocenters. The smallest absolute Gasteiger partial charge is 0.416 e. The standard InChI is InChI=1S/C15H8F4N2O2/c16-12-4-2-1-3-11(12)14-21-20-13(22-14)9-5-7-10(8-6-9)23-15(17,18)19/h1-8H. The molecule has 1 heterocycles. The zero-order valence-corrected chi connectivity index (χ0v) is 11.3. The van der Waals surface area contributed by atoms with Gasteiger partial charge in [0.15, 0.2) is 0 Å². The molecule has 0 bridgehead atoms. The fourth-order valence-corrected chi connectivity index (χ4v) is 1.88. The Hall–Kier alpha value is -2.90. The predicted octanol–water partition coefficient (Wildman–Crippen LogP) is 4.44. The van der Waals surface area contributed by atoms with Crippen LogP contribution in [0.15, 0.2) is 52.9 Å². The molecule has 23 heavy (non-hydrogen) atoms. The molecule has 1 aromatic heterocycles. The molecule has 0 saturated carbocycles. The lowest BCUT2D eigenvalue weighted by Gasteiger charge is -2.08. The van der Waals surface area contributed by atoms with Crippen molar-refractivity contribution < 1.29 is 26.7 Å². The Morgan fingerprint density at radius 2 is 1.52 bits per heavy atom. The van der Waals surface area contributed by atoms with Crippen molar-refractivity contribution >= 4 is 0 Å². The van der Waals surface area contributed by atoms with E-state index in [9.17, 15) is 17.6 Å². The van der Waals surface area contributed by atoms with Crippen LogP contribution in [0, 0.1) is 5.82 Å². The summed E-state index contributed by atoms with van der Waals surface area (Å²) in [6, 6.07) is 10.8. The van der Waals surface area contributed by atoms with Gasteiger partial charge in [-0.1, -0.05) is 12.1 Å². The van der Waals surface area contributed by atoms with Crippen LogP contribution in [-0.2, 0) is 0 Å². The molecule has 0 saturated heterocycles. The van der Waals surface area contributed by atoms with Crippen LogP contribution in [0.4, 0.5) is 17.6 Å². The van der Waals surface area contributed by atoms with Crippen LogP contribution < -0.4 is 4.74 Å². The van der Waals surface area contributed by atoms with Gasteiger partial charge in [-0.2, -0.15) is 0 Å². The van der Waals surface area contributed by atoms with Gasteiger partial charge in [0.1, 0.15) is 11.6 Å². The quantitative estimate of drug-likeness (QED) is 0.668. The molecular weight excluding hydrogens is 316 g/mol. The minimum atomic E-state index is -4.76. The third kappa shape index (κ3) is 3.47. The lowest BCUT2D eigenvalue weighted by Crippen LogP contribution is -2.16. The number of halogens is 4. The van der Waals surface area contributed by atoms with Gasteiger partial charge in [0.2, 0.25) is 5.89 Å². The van der Waals surface area contributed by atoms with E-state index in [2.05, 4.69) is 14.9 Å². The van der Waals surface area contributed by atoms with Crippen molar-refractivity contribution in [2.24, 2.45) is 0 Å². The third-order valence-electron chi connectivity index (χ3n) is 2.86. The van der Waals surface area contributed by atoms with E-state index in [1.54, 1.807) is 6.07 Å². The van der Waals surface area contributed by atoms with E-state index in [1.807, 2.05) is 0 Å². The highest BCUT2D eigenvalue weighted by atomic mass is 19.4.